The lowest BCUT2D eigenvalue weighted by molar-refractivity contribution is 0.0901. The second kappa shape index (κ2) is 6.08. The molecule has 5 heteroatoms. The van der Waals surface area contributed by atoms with E-state index in [1.165, 1.54) is 42.9 Å². The Balaban J connectivity index is 2.03. The Morgan fingerprint density at radius 1 is 1.47 bits per heavy atom. The van der Waals surface area contributed by atoms with Crippen LogP contribution in [0.2, 0.25) is 0 Å². The fourth-order valence-corrected chi connectivity index (χ4v) is 3.03. The number of aromatic amines is 1. The number of nitrogens with zero attached hydrogens (tertiary/aromatic N) is 1. The zero-order valence-corrected chi connectivity index (χ0v) is 11.7. The number of hydrogen-bond donors (Lipinski definition) is 2. The second-order valence-corrected chi connectivity index (χ2v) is 5.45. The van der Waals surface area contributed by atoms with Gasteiger partial charge in [-0.2, -0.15) is 0 Å². The van der Waals surface area contributed by atoms with Crippen LogP contribution < -0.4 is 10.9 Å². The summed E-state index contributed by atoms with van der Waals surface area (Å²) < 4.78 is 1.48. The summed E-state index contributed by atoms with van der Waals surface area (Å²) >= 11 is 0. The molecule has 1 fully saturated rings. The molecular weight excluding hydrogens is 242 g/mol. The van der Waals surface area contributed by atoms with E-state index < -0.39 is 0 Å². The number of aromatic nitrogens is 2. The van der Waals surface area contributed by atoms with Crippen molar-refractivity contribution in [3.05, 3.63) is 22.1 Å². The minimum absolute atomic E-state index is 0.154. The summed E-state index contributed by atoms with van der Waals surface area (Å²) in [7, 11) is 1.68. The molecule has 1 aliphatic carbocycles. The van der Waals surface area contributed by atoms with Crippen molar-refractivity contribution in [2.75, 3.05) is 0 Å². The third-order valence-corrected chi connectivity index (χ3v) is 4.11. The van der Waals surface area contributed by atoms with Crippen LogP contribution in [0.5, 0.6) is 0 Å². The van der Waals surface area contributed by atoms with Crippen molar-refractivity contribution in [1.82, 2.24) is 15.1 Å². The monoisotopic (exact) mass is 265 g/mol. The summed E-state index contributed by atoms with van der Waals surface area (Å²) in [5, 5.41) is 5.65. The highest BCUT2D eigenvalue weighted by Gasteiger charge is 2.24. The largest absolute Gasteiger partial charge is 0.348 e. The molecule has 2 N–H and O–H groups in total. The van der Waals surface area contributed by atoms with Gasteiger partial charge in [-0.25, -0.2) is 0 Å². The van der Waals surface area contributed by atoms with Crippen LogP contribution >= 0.6 is 0 Å². The summed E-state index contributed by atoms with van der Waals surface area (Å²) in [6, 6.07) is 1.57. The van der Waals surface area contributed by atoms with Crippen molar-refractivity contribution < 1.29 is 4.79 Å². The lowest BCUT2D eigenvalue weighted by Gasteiger charge is -2.30. The Kier molecular flexibility index (Phi) is 4.45. The maximum atomic E-state index is 12.2. The van der Waals surface area contributed by atoms with E-state index in [9.17, 15) is 9.59 Å². The van der Waals surface area contributed by atoms with Gasteiger partial charge >= 0.3 is 0 Å². The summed E-state index contributed by atoms with van der Waals surface area (Å²) in [5.41, 5.74) is 0.164. The molecule has 1 aliphatic rings. The molecule has 1 amide bonds. The number of aryl methyl sites for hydroxylation is 1. The van der Waals surface area contributed by atoms with Crippen molar-refractivity contribution in [2.45, 2.75) is 51.5 Å². The fraction of sp³-hybridized carbons (Fsp3) is 0.714. The van der Waals surface area contributed by atoms with Crippen molar-refractivity contribution in [3.63, 3.8) is 0 Å². The van der Waals surface area contributed by atoms with Gasteiger partial charge in [-0.1, -0.05) is 26.2 Å². The third kappa shape index (κ3) is 3.28. The molecule has 19 heavy (non-hydrogen) atoms. The van der Waals surface area contributed by atoms with Crippen molar-refractivity contribution in [2.24, 2.45) is 13.0 Å². The summed E-state index contributed by atoms with van der Waals surface area (Å²) in [4.78, 5) is 23.4. The Bertz CT molecular complexity index is 483. The molecule has 106 valence electrons. The van der Waals surface area contributed by atoms with E-state index in [1.54, 1.807) is 7.05 Å². The summed E-state index contributed by atoms with van der Waals surface area (Å²) in [5.74, 6) is 0.428. The van der Waals surface area contributed by atoms with Gasteiger partial charge in [0.2, 0.25) is 0 Å². The van der Waals surface area contributed by atoms with Crippen LogP contribution in [-0.2, 0) is 7.05 Å². The normalized spacial score (nSPS) is 18.2. The van der Waals surface area contributed by atoms with Gasteiger partial charge in [-0.15, -0.1) is 0 Å². The molecule has 1 heterocycles. The zero-order valence-electron chi connectivity index (χ0n) is 11.7. The molecular formula is C14H23N3O2. The quantitative estimate of drug-likeness (QED) is 0.871. The van der Waals surface area contributed by atoms with Crippen LogP contribution in [0.1, 0.15) is 55.9 Å². The van der Waals surface area contributed by atoms with E-state index in [1.807, 2.05) is 0 Å². The van der Waals surface area contributed by atoms with Crippen LogP contribution in [0.15, 0.2) is 10.9 Å². The Morgan fingerprint density at radius 3 is 2.68 bits per heavy atom. The standard InChI is InChI=1S/C14H23N3O2/c1-3-11(10-7-5-4-6-8-10)15-14(19)12-9-13(18)16-17(12)2/h9-11H,3-8H2,1-2H3,(H,15,19)(H,16,18). The molecule has 1 unspecified atom stereocenters. The minimum Gasteiger partial charge on any atom is -0.348 e. The molecule has 5 nitrogen and oxygen atoms in total. The van der Waals surface area contributed by atoms with Crippen LogP contribution in [-0.4, -0.2) is 21.7 Å². The van der Waals surface area contributed by atoms with Gasteiger partial charge in [0.25, 0.3) is 11.5 Å². The Labute approximate surface area is 113 Å². The van der Waals surface area contributed by atoms with E-state index in [2.05, 4.69) is 17.3 Å². The van der Waals surface area contributed by atoms with Gasteiger partial charge in [0.15, 0.2) is 0 Å². The first-order chi connectivity index (χ1) is 9.11. The van der Waals surface area contributed by atoms with E-state index >= 15 is 0 Å². The fourth-order valence-electron chi connectivity index (χ4n) is 3.03. The first kappa shape index (κ1) is 13.9. The van der Waals surface area contributed by atoms with Gasteiger partial charge in [0.05, 0.1) is 0 Å². The van der Waals surface area contributed by atoms with E-state index in [4.69, 9.17) is 0 Å². The number of hydrogen-bond acceptors (Lipinski definition) is 2. The summed E-state index contributed by atoms with van der Waals surface area (Å²) in [6.07, 6.45) is 7.18. The number of carbonyl (C=O) groups excluding carboxylic acids is 1. The van der Waals surface area contributed by atoms with Gasteiger partial charge in [0.1, 0.15) is 5.69 Å². The molecule has 1 atom stereocenters. The van der Waals surface area contributed by atoms with Gasteiger partial charge < -0.3 is 5.32 Å². The predicted molar refractivity (Wildman–Crippen MR) is 74.2 cm³/mol. The second-order valence-electron chi connectivity index (χ2n) is 5.45. The smallest absolute Gasteiger partial charge is 0.269 e. The molecule has 1 aromatic rings. The highest BCUT2D eigenvalue weighted by Crippen LogP contribution is 2.27. The number of nitrogens with one attached hydrogen (secondary N) is 2. The molecule has 0 aliphatic heterocycles. The highest BCUT2D eigenvalue weighted by molar-refractivity contribution is 5.92. The average Bonchev–Trinajstić information content (AvgIpc) is 2.76. The number of H-pyrrole nitrogens is 1. The van der Waals surface area contributed by atoms with E-state index in [0.29, 0.717) is 11.6 Å². The highest BCUT2D eigenvalue weighted by atomic mass is 16.2. The molecule has 0 aromatic carbocycles. The van der Waals surface area contributed by atoms with Crippen LogP contribution in [0, 0.1) is 5.92 Å². The van der Waals surface area contributed by atoms with Crippen LogP contribution in [0.25, 0.3) is 0 Å². The predicted octanol–water partition coefficient (Wildman–Crippen LogP) is 1.80. The zero-order chi connectivity index (χ0) is 13.8. The lowest BCUT2D eigenvalue weighted by Crippen LogP contribution is -2.41. The number of rotatable bonds is 4. The van der Waals surface area contributed by atoms with Crippen molar-refractivity contribution in [1.29, 1.82) is 0 Å². The van der Waals surface area contributed by atoms with Gasteiger partial charge in [0, 0.05) is 19.2 Å². The maximum absolute atomic E-state index is 12.2. The Morgan fingerprint density at radius 2 is 2.16 bits per heavy atom. The third-order valence-electron chi connectivity index (χ3n) is 4.11. The van der Waals surface area contributed by atoms with E-state index in [0.717, 1.165) is 6.42 Å². The summed E-state index contributed by atoms with van der Waals surface area (Å²) in [6.45, 7) is 2.11. The first-order valence-corrected chi connectivity index (χ1v) is 7.18. The number of amides is 1. The Hall–Kier alpha value is -1.52. The van der Waals surface area contributed by atoms with Crippen LogP contribution in [0.3, 0.4) is 0 Å². The SMILES string of the molecule is CCC(NC(=O)c1cc(=O)[nH]n1C)C1CCCCC1. The minimum atomic E-state index is -0.238. The average molecular weight is 265 g/mol. The van der Waals surface area contributed by atoms with Crippen LogP contribution in [0.4, 0.5) is 0 Å². The molecule has 0 bridgehead atoms. The molecule has 1 saturated carbocycles. The number of carbonyl (C=O) groups is 1. The van der Waals surface area contributed by atoms with Crippen molar-refractivity contribution >= 4 is 5.91 Å². The molecule has 0 saturated heterocycles. The first-order valence-electron chi connectivity index (χ1n) is 7.18. The molecule has 0 spiro atoms. The van der Waals surface area contributed by atoms with E-state index in [-0.39, 0.29) is 17.5 Å². The topological polar surface area (TPSA) is 66.9 Å². The van der Waals surface area contributed by atoms with Gasteiger partial charge in [-0.05, 0) is 25.2 Å². The lowest BCUT2D eigenvalue weighted by atomic mass is 9.83. The molecule has 0 radical (unpaired) electrons. The maximum Gasteiger partial charge on any atom is 0.269 e. The molecule has 2 rings (SSSR count). The van der Waals surface area contributed by atoms with Gasteiger partial charge in [-0.3, -0.25) is 19.4 Å². The molecule has 1 aromatic heterocycles. The van der Waals surface area contributed by atoms with Crippen molar-refractivity contribution in [3.8, 4) is 0 Å².